The van der Waals surface area contributed by atoms with Crippen LogP contribution in [0.2, 0.25) is 5.02 Å². The second-order valence-electron chi connectivity index (χ2n) is 8.21. The van der Waals surface area contributed by atoms with Gasteiger partial charge in [0.25, 0.3) is 15.9 Å². The van der Waals surface area contributed by atoms with Crippen molar-refractivity contribution in [2.75, 3.05) is 39.8 Å². The third-order valence-corrected chi connectivity index (χ3v) is 8.07. The molecule has 0 saturated carbocycles. The van der Waals surface area contributed by atoms with Gasteiger partial charge in [-0.05, 0) is 31.3 Å². The largest absolute Gasteiger partial charge is 0.345 e. The van der Waals surface area contributed by atoms with E-state index in [-0.39, 0.29) is 55.3 Å². The minimum atomic E-state index is -3.71. The van der Waals surface area contributed by atoms with Crippen molar-refractivity contribution in [1.82, 2.24) is 29.1 Å². The van der Waals surface area contributed by atoms with Crippen molar-refractivity contribution in [3.8, 4) is 0 Å². The molecule has 0 radical (unpaired) electrons. The van der Waals surface area contributed by atoms with Crippen molar-refractivity contribution in [3.63, 3.8) is 0 Å². The highest BCUT2D eigenvalue weighted by atomic mass is 35.5. The van der Waals surface area contributed by atoms with Gasteiger partial charge in [0.05, 0.1) is 5.69 Å². The van der Waals surface area contributed by atoms with E-state index in [1.54, 1.807) is 35.4 Å². The van der Waals surface area contributed by atoms with Crippen LogP contribution in [0.5, 0.6) is 0 Å². The first-order valence-electron chi connectivity index (χ1n) is 10.4. The minimum absolute atomic E-state index is 0. The number of carbonyl (C=O) groups is 1. The number of hydrogen-bond donors (Lipinski definition) is 1. The summed E-state index contributed by atoms with van der Waals surface area (Å²) >= 11 is 6.01. The second kappa shape index (κ2) is 9.19. The van der Waals surface area contributed by atoms with E-state index in [0.717, 1.165) is 36.2 Å². The van der Waals surface area contributed by atoms with E-state index < -0.39 is 10.0 Å². The average molecular weight is 511 g/mol. The average Bonchev–Trinajstić information content (AvgIpc) is 3.22. The van der Waals surface area contributed by atoms with Crippen LogP contribution in [-0.2, 0) is 23.0 Å². The van der Waals surface area contributed by atoms with Crippen LogP contribution in [0, 0.1) is 0 Å². The zero-order valence-corrected chi connectivity index (χ0v) is 20.4. The Balaban J connectivity index is 0.00000259. The zero-order chi connectivity index (χ0) is 22.5. The summed E-state index contributed by atoms with van der Waals surface area (Å²) in [4.78, 5) is 28.5. The van der Waals surface area contributed by atoms with E-state index in [9.17, 15) is 13.2 Å². The van der Waals surface area contributed by atoms with Crippen molar-refractivity contribution in [3.05, 3.63) is 52.6 Å². The fraction of sp³-hybridized carbons (Fsp3) is 0.381. The number of halogens is 2. The van der Waals surface area contributed by atoms with Crippen LogP contribution in [0.1, 0.15) is 21.9 Å². The van der Waals surface area contributed by atoms with Gasteiger partial charge in [0.15, 0.2) is 0 Å². The van der Waals surface area contributed by atoms with Crippen LogP contribution < -0.4 is 0 Å². The molecule has 176 valence electrons. The molecule has 9 nitrogen and oxygen atoms in total. The Bertz CT molecular complexity index is 1300. The highest BCUT2D eigenvalue weighted by Crippen LogP contribution is 2.25. The molecule has 2 aliphatic rings. The lowest BCUT2D eigenvalue weighted by Crippen LogP contribution is -2.50. The molecular formula is C21H24Cl2N6O3S. The predicted molar refractivity (Wildman–Crippen MR) is 127 cm³/mol. The molecule has 3 aromatic rings. The number of piperazine rings is 1. The van der Waals surface area contributed by atoms with E-state index in [1.807, 2.05) is 7.05 Å². The Morgan fingerprint density at radius 2 is 1.88 bits per heavy atom. The number of benzene rings is 1. The highest BCUT2D eigenvalue weighted by Gasteiger charge is 2.32. The van der Waals surface area contributed by atoms with Gasteiger partial charge in [0.2, 0.25) is 5.82 Å². The molecule has 1 fully saturated rings. The van der Waals surface area contributed by atoms with Crippen LogP contribution in [0.3, 0.4) is 0 Å². The molecule has 33 heavy (non-hydrogen) atoms. The zero-order valence-electron chi connectivity index (χ0n) is 18.0. The summed E-state index contributed by atoms with van der Waals surface area (Å²) in [6, 6.07) is 6.78. The number of hydrogen-bond acceptors (Lipinski definition) is 6. The molecular weight excluding hydrogens is 487 g/mol. The molecule has 2 aliphatic heterocycles. The van der Waals surface area contributed by atoms with Gasteiger partial charge in [0.1, 0.15) is 5.03 Å². The number of nitrogens with zero attached hydrogens (tertiary/aromatic N) is 5. The molecule has 1 N–H and O–H groups in total. The minimum Gasteiger partial charge on any atom is -0.345 e. The van der Waals surface area contributed by atoms with Gasteiger partial charge in [-0.2, -0.15) is 4.31 Å². The number of aromatic amines is 1. The summed E-state index contributed by atoms with van der Waals surface area (Å²) in [5.74, 6) is -0.0823. The Morgan fingerprint density at radius 3 is 2.64 bits per heavy atom. The lowest BCUT2D eigenvalue weighted by atomic mass is 10.1. The lowest BCUT2D eigenvalue weighted by molar-refractivity contribution is 0.0684. The second-order valence-corrected chi connectivity index (χ2v) is 10.6. The van der Waals surface area contributed by atoms with Crippen molar-refractivity contribution in [2.45, 2.75) is 18.0 Å². The fourth-order valence-corrected chi connectivity index (χ4v) is 5.81. The molecule has 2 aromatic heterocycles. The molecule has 1 saturated heterocycles. The Hall–Kier alpha value is -2.24. The van der Waals surface area contributed by atoms with Crippen molar-refractivity contribution in [1.29, 1.82) is 0 Å². The van der Waals surface area contributed by atoms with E-state index in [1.165, 1.54) is 4.31 Å². The molecule has 0 unspecified atom stereocenters. The SMILES string of the molecule is CN1CCc2nc(C(=O)N3CCN(S(=O)(=O)c4cc5cc(Cl)ccc5[nH]4)CC3)ncc2C1.Cl. The Morgan fingerprint density at radius 1 is 1.12 bits per heavy atom. The van der Waals surface area contributed by atoms with Crippen LogP contribution in [-0.4, -0.2) is 83.2 Å². The van der Waals surface area contributed by atoms with Gasteiger partial charge < -0.3 is 14.8 Å². The quantitative estimate of drug-likeness (QED) is 0.579. The summed E-state index contributed by atoms with van der Waals surface area (Å²) in [7, 11) is -1.66. The number of sulfonamides is 1. The Kier molecular flexibility index (Phi) is 6.66. The molecule has 5 rings (SSSR count). The summed E-state index contributed by atoms with van der Waals surface area (Å²) in [6.07, 6.45) is 2.52. The third kappa shape index (κ3) is 4.58. The molecule has 0 atom stereocenters. The summed E-state index contributed by atoms with van der Waals surface area (Å²) in [5, 5.41) is 1.40. The van der Waals surface area contributed by atoms with Gasteiger partial charge in [-0.15, -0.1) is 12.4 Å². The monoisotopic (exact) mass is 510 g/mol. The number of carbonyl (C=O) groups excluding carboxylic acids is 1. The van der Waals surface area contributed by atoms with Gasteiger partial charge >= 0.3 is 0 Å². The number of fused-ring (bicyclic) bond motifs is 2. The molecule has 0 spiro atoms. The molecule has 4 heterocycles. The summed E-state index contributed by atoms with van der Waals surface area (Å²) in [6.45, 7) is 2.66. The van der Waals surface area contributed by atoms with Gasteiger partial charge in [-0.1, -0.05) is 11.6 Å². The highest BCUT2D eigenvalue weighted by molar-refractivity contribution is 7.89. The standard InChI is InChI=1S/C21H23ClN6O3S.ClH/c1-26-5-4-18-15(13-26)12-23-20(25-18)21(29)27-6-8-28(9-7-27)32(30,31)19-11-14-10-16(22)2-3-17(14)24-19;/h2-3,10-12,24H,4-9,13H2,1H3;1H. The van der Waals surface area contributed by atoms with Gasteiger partial charge in [-0.25, -0.2) is 18.4 Å². The lowest BCUT2D eigenvalue weighted by Gasteiger charge is -2.33. The van der Waals surface area contributed by atoms with Crippen molar-refractivity contribution < 1.29 is 13.2 Å². The molecule has 1 amide bonds. The Labute approximate surface area is 203 Å². The molecule has 0 bridgehead atoms. The molecule has 0 aliphatic carbocycles. The third-order valence-electron chi connectivity index (χ3n) is 6.02. The van der Waals surface area contributed by atoms with Crippen LogP contribution in [0.4, 0.5) is 0 Å². The number of nitrogens with one attached hydrogen (secondary N) is 1. The maximum Gasteiger partial charge on any atom is 0.291 e. The van der Waals surface area contributed by atoms with Crippen LogP contribution in [0.15, 0.2) is 35.5 Å². The normalized spacial score (nSPS) is 17.6. The summed E-state index contributed by atoms with van der Waals surface area (Å²) < 4.78 is 27.6. The van der Waals surface area contributed by atoms with Crippen LogP contribution >= 0.6 is 24.0 Å². The number of H-pyrrole nitrogens is 1. The molecule has 12 heteroatoms. The summed E-state index contributed by atoms with van der Waals surface area (Å²) in [5.41, 5.74) is 2.67. The number of aromatic nitrogens is 3. The maximum absolute atomic E-state index is 13.1. The first kappa shape index (κ1) is 23.9. The van der Waals surface area contributed by atoms with Gasteiger partial charge in [0, 0.05) is 73.4 Å². The van der Waals surface area contributed by atoms with Crippen molar-refractivity contribution >= 4 is 50.8 Å². The number of rotatable bonds is 3. The fourth-order valence-electron chi connectivity index (χ4n) is 4.19. The predicted octanol–water partition coefficient (Wildman–Crippen LogP) is 2.17. The van der Waals surface area contributed by atoms with Crippen molar-refractivity contribution in [2.24, 2.45) is 0 Å². The van der Waals surface area contributed by atoms with E-state index in [4.69, 9.17) is 11.6 Å². The molecule has 1 aromatic carbocycles. The topological polar surface area (TPSA) is 103 Å². The van der Waals surface area contributed by atoms with Crippen LogP contribution in [0.25, 0.3) is 10.9 Å². The first-order valence-corrected chi connectivity index (χ1v) is 12.2. The first-order chi connectivity index (χ1) is 15.3. The number of amides is 1. The van der Waals surface area contributed by atoms with E-state index >= 15 is 0 Å². The maximum atomic E-state index is 13.1. The van der Waals surface area contributed by atoms with E-state index in [2.05, 4.69) is 19.9 Å². The smallest absolute Gasteiger partial charge is 0.291 e. The van der Waals surface area contributed by atoms with Gasteiger partial charge in [-0.3, -0.25) is 4.79 Å². The van der Waals surface area contributed by atoms with E-state index in [0.29, 0.717) is 10.5 Å². The number of likely N-dealkylation sites (N-methyl/N-ethyl adjacent to an activating group) is 1.